The molecule has 0 saturated carbocycles. The Morgan fingerprint density at radius 3 is 2.58 bits per heavy atom. The average Bonchev–Trinajstić information content (AvgIpc) is 3.24. The van der Waals surface area contributed by atoms with Crippen LogP contribution in [0.15, 0.2) is 70.0 Å². The van der Waals surface area contributed by atoms with Crippen LogP contribution in [0.2, 0.25) is 0 Å². The summed E-state index contributed by atoms with van der Waals surface area (Å²) in [6.45, 7) is 3.59. The molecule has 0 bridgehead atoms. The number of para-hydroxylation sites is 1. The lowest BCUT2D eigenvalue weighted by Gasteiger charge is -2.42. The number of ether oxygens (including phenoxy) is 1. The van der Waals surface area contributed by atoms with E-state index in [1.54, 1.807) is 62.4 Å². The number of nitrogens with zero attached hydrogens (tertiary/aromatic N) is 1. The number of carboxylic acids is 1. The fourth-order valence-electron chi connectivity index (χ4n) is 4.79. The molecule has 1 aromatic heterocycles. The maximum Gasteiger partial charge on any atom is 0.323 e. The van der Waals surface area contributed by atoms with E-state index in [2.05, 4.69) is 5.32 Å². The Labute approximate surface area is 223 Å². The molecule has 1 amide bonds. The van der Waals surface area contributed by atoms with E-state index in [1.165, 1.54) is 31.0 Å². The molecule has 1 fully saturated rings. The van der Waals surface area contributed by atoms with Crippen LogP contribution in [-0.2, 0) is 14.8 Å². The van der Waals surface area contributed by atoms with Crippen molar-refractivity contribution in [1.82, 2.24) is 4.31 Å². The van der Waals surface area contributed by atoms with Gasteiger partial charge < -0.3 is 19.6 Å². The molecular formula is C27H26N2O7S2. The number of methoxy groups -OCH3 is 1. The minimum absolute atomic E-state index is 0.00444. The molecule has 1 atom stereocenters. The number of fused-ring (bicyclic) bond motifs is 3. The van der Waals surface area contributed by atoms with E-state index >= 15 is 0 Å². The number of thioether (sulfide) groups is 1. The number of sulfonamides is 1. The van der Waals surface area contributed by atoms with Crippen LogP contribution in [0.25, 0.3) is 21.9 Å². The number of carbonyl (C=O) groups excluding carboxylic acids is 1. The zero-order chi connectivity index (χ0) is 27.2. The number of hydrogen-bond donors (Lipinski definition) is 2. The minimum Gasteiger partial charge on any atom is -0.496 e. The monoisotopic (exact) mass is 554 g/mol. The largest absolute Gasteiger partial charge is 0.496 e. The second-order valence-corrected chi connectivity index (χ2v) is 13.1. The number of rotatable bonds is 6. The number of anilines is 1. The highest BCUT2D eigenvalue weighted by atomic mass is 32.2. The van der Waals surface area contributed by atoms with Crippen molar-refractivity contribution in [1.29, 1.82) is 0 Å². The molecule has 1 saturated heterocycles. The molecule has 9 nitrogen and oxygen atoms in total. The first-order chi connectivity index (χ1) is 18.0. The van der Waals surface area contributed by atoms with Gasteiger partial charge in [0.1, 0.15) is 23.0 Å². The van der Waals surface area contributed by atoms with Crippen molar-refractivity contribution in [3.05, 3.63) is 66.2 Å². The van der Waals surface area contributed by atoms with E-state index < -0.39 is 26.8 Å². The van der Waals surface area contributed by atoms with E-state index in [4.69, 9.17) is 9.15 Å². The zero-order valence-electron chi connectivity index (χ0n) is 20.9. The molecule has 0 radical (unpaired) electrons. The molecule has 4 aromatic rings. The fraction of sp³-hybridized carbons (Fsp3) is 0.259. The summed E-state index contributed by atoms with van der Waals surface area (Å²) in [6, 6.07) is 15.3. The smallest absolute Gasteiger partial charge is 0.323 e. The molecule has 1 aliphatic rings. The third-order valence-electron chi connectivity index (χ3n) is 6.62. The number of benzene rings is 3. The third kappa shape index (κ3) is 4.50. The van der Waals surface area contributed by atoms with Gasteiger partial charge in [-0.15, -0.1) is 0 Å². The van der Waals surface area contributed by atoms with Crippen LogP contribution in [0.5, 0.6) is 5.75 Å². The average molecular weight is 555 g/mol. The number of carboxylic acid groups (broad SMARTS) is 1. The highest BCUT2D eigenvalue weighted by Gasteiger charge is 2.48. The summed E-state index contributed by atoms with van der Waals surface area (Å²) in [6.07, 6.45) is 0. The summed E-state index contributed by atoms with van der Waals surface area (Å²) in [5.41, 5.74) is 1.81. The van der Waals surface area contributed by atoms with Gasteiger partial charge in [-0.1, -0.05) is 12.1 Å². The molecule has 198 valence electrons. The second-order valence-electron chi connectivity index (χ2n) is 9.43. The first-order valence-corrected chi connectivity index (χ1v) is 14.2. The van der Waals surface area contributed by atoms with Gasteiger partial charge in [0.15, 0.2) is 0 Å². The van der Waals surface area contributed by atoms with Gasteiger partial charge in [-0.2, -0.15) is 16.1 Å². The topological polar surface area (TPSA) is 126 Å². The van der Waals surface area contributed by atoms with Gasteiger partial charge in [-0.25, -0.2) is 8.42 Å². The summed E-state index contributed by atoms with van der Waals surface area (Å²) < 4.78 is 38.7. The second kappa shape index (κ2) is 9.64. The Hall–Kier alpha value is -3.54. The maximum atomic E-state index is 13.6. The van der Waals surface area contributed by atoms with Gasteiger partial charge in [0.2, 0.25) is 10.0 Å². The normalized spacial score (nSPS) is 17.9. The molecule has 11 heteroatoms. The van der Waals surface area contributed by atoms with Crippen molar-refractivity contribution in [2.45, 2.75) is 29.5 Å². The number of carbonyl (C=O) groups is 2. The molecular weight excluding hydrogens is 528 g/mol. The lowest BCUT2D eigenvalue weighted by Crippen LogP contribution is -2.58. The number of hydrogen-bond acceptors (Lipinski definition) is 7. The Kier molecular flexibility index (Phi) is 6.62. The summed E-state index contributed by atoms with van der Waals surface area (Å²) in [7, 11) is -2.60. The van der Waals surface area contributed by atoms with Crippen molar-refractivity contribution in [2.75, 3.05) is 24.7 Å². The van der Waals surface area contributed by atoms with Crippen molar-refractivity contribution >= 4 is 61.3 Å². The van der Waals surface area contributed by atoms with Crippen LogP contribution < -0.4 is 10.1 Å². The first-order valence-electron chi connectivity index (χ1n) is 11.8. The van der Waals surface area contributed by atoms with Crippen molar-refractivity contribution in [2.24, 2.45) is 0 Å². The van der Waals surface area contributed by atoms with Crippen molar-refractivity contribution < 1.29 is 32.3 Å². The Morgan fingerprint density at radius 1 is 1.08 bits per heavy atom. The summed E-state index contributed by atoms with van der Waals surface area (Å²) >= 11 is 1.44. The van der Waals surface area contributed by atoms with Crippen molar-refractivity contribution in [3.63, 3.8) is 0 Å². The van der Waals surface area contributed by atoms with Gasteiger partial charge in [0.25, 0.3) is 5.91 Å². The quantitative estimate of drug-likeness (QED) is 0.348. The highest BCUT2D eigenvalue weighted by molar-refractivity contribution is 8.00. The van der Waals surface area contributed by atoms with Gasteiger partial charge in [0.05, 0.1) is 17.6 Å². The van der Waals surface area contributed by atoms with Crippen LogP contribution >= 0.6 is 11.8 Å². The Balaban J connectivity index is 1.49. The minimum atomic E-state index is -4.10. The molecule has 38 heavy (non-hydrogen) atoms. The number of aliphatic carboxylic acids is 1. The van der Waals surface area contributed by atoms with E-state index in [0.717, 1.165) is 4.31 Å². The summed E-state index contributed by atoms with van der Waals surface area (Å²) in [5, 5.41) is 13.9. The summed E-state index contributed by atoms with van der Waals surface area (Å²) in [5.74, 6) is -0.578. The number of nitrogens with one attached hydrogen (secondary N) is 1. The molecule has 2 heterocycles. The van der Waals surface area contributed by atoms with Crippen LogP contribution in [0.4, 0.5) is 5.69 Å². The van der Waals surface area contributed by atoms with Crippen molar-refractivity contribution in [3.8, 4) is 5.75 Å². The predicted octanol–water partition coefficient (Wildman–Crippen LogP) is 4.82. The first kappa shape index (κ1) is 26.1. The van der Waals surface area contributed by atoms with Gasteiger partial charge >= 0.3 is 5.97 Å². The Bertz CT molecular complexity index is 1680. The van der Waals surface area contributed by atoms with Gasteiger partial charge in [0, 0.05) is 39.6 Å². The van der Waals surface area contributed by atoms with Crippen LogP contribution in [0, 0.1) is 0 Å². The van der Waals surface area contributed by atoms with Crippen LogP contribution in [0.3, 0.4) is 0 Å². The van der Waals surface area contributed by atoms with E-state index in [-0.39, 0.29) is 17.3 Å². The molecule has 2 N–H and O–H groups in total. The van der Waals surface area contributed by atoms with Gasteiger partial charge in [-0.05, 0) is 56.3 Å². The molecule has 3 aromatic carbocycles. The van der Waals surface area contributed by atoms with E-state index in [0.29, 0.717) is 44.7 Å². The van der Waals surface area contributed by atoms with Crippen LogP contribution in [-0.4, -0.2) is 59.9 Å². The lowest BCUT2D eigenvalue weighted by atomic mass is 10.0. The van der Waals surface area contributed by atoms with Crippen LogP contribution in [0.1, 0.15) is 24.2 Å². The van der Waals surface area contributed by atoms with E-state index in [9.17, 15) is 23.1 Å². The molecule has 0 aliphatic carbocycles. The number of amides is 1. The molecule has 1 unspecified atom stereocenters. The molecule has 0 spiro atoms. The SMILES string of the molecule is COc1ccccc1C(=O)Nc1ccc2c(c1)oc1ccc(S(=O)(=O)N3CCSC(C)(C)C3C(=O)O)cc12. The maximum absolute atomic E-state index is 13.6. The Morgan fingerprint density at radius 2 is 1.84 bits per heavy atom. The third-order valence-corrected chi connectivity index (χ3v) is 9.84. The van der Waals surface area contributed by atoms with E-state index in [1.807, 2.05) is 0 Å². The summed E-state index contributed by atoms with van der Waals surface area (Å²) in [4.78, 5) is 24.9. The standard InChI is InChI=1S/C27H26N2O7S2/c1-27(2)24(26(31)32)29(12-13-37-27)38(33,34)17-9-11-22-20(15-17)18-10-8-16(14-23(18)36-22)28-25(30)19-6-4-5-7-21(19)35-3/h4-11,14-15,24H,12-13H2,1-3H3,(H,28,30)(H,31,32). The lowest BCUT2D eigenvalue weighted by molar-refractivity contribution is -0.142. The fourth-order valence-corrected chi connectivity index (χ4v) is 7.92. The predicted molar refractivity (Wildman–Crippen MR) is 147 cm³/mol. The number of furan rings is 1. The molecule has 1 aliphatic heterocycles. The highest BCUT2D eigenvalue weighted by Crippen LogP contribution is 2.39. The van der Waals surface area contributed by atoms with Gasteiger partial charge in [-0.3, -0.25) is 9.59 Å². The zero-order valence-corrected chi connectivity index (χ0v) is 22.6. The molecule has 5 rings (SSSR count).